The highest BCUT2D eigenvalue weighted by Gasteiger charge is 2.34. The van der Waals surface area contributed by atoms with Crippen molar-refractivity contribution >= 4 is 23.5 Å². The van der Waals surface area contributed by atoms with Crippen molar-refractivity contribution in [3.8, 4) is 0 Å². The van der Waals surface area contributed by atoms with Crippen LogP contribution in [0.3, 0.4) is 0 Å². The highest BCUT2D eigenvalue weighted by atomic mass is 19.1. The lowest BCUT2D eigenvalue weighted by molar-refractivity contribution is -0.151. The summed E-state index contributed by atoms with van der Waals surface area (Å²) in [5, 5.41) is 9.07. The van der Waals surface area contributed by atoms with Crippen molar-refractivity contribution in [3.05, 3.63) is 35.4 Å². The molecule has 0 fully saturated rings. The molecular formula is C20H26F2N4O4. The first-order valence-electron chi connectivity index (χ1n) is 9.53. The van der Waals surface area contributed by atoms with Gasteiger partial charge in [0, 0.05) is 23.6 Å². The average Bonchev–Trinajstić information content (AvgIpc) is 3.07. The molecule has 1 heterocycles. The van der Waals surface area contributed by atoms with E-state index in [9.17, 15) is 23.2 Å². The molecule has 1 aromatic rings. The number of carbonyl (C=O) groups excluding carboxylic acids is 3. The van der Waals surface area contributed by atoms with E-state index < -0.39 is 48.0 Å². The van der Waals surface area contributed by atoms with Crippen molar-refractivity contribution in [3.63, 3.8) is 0 Å². The number of rotatable bonds is 7. The fourth-order valence-electron chi connectivity index (χ4n) is 2.82. The molecule has 30 heavy (non-hydrogen) atoms. The summed E-state index contributed by atoms with van der Waals surface area (Å²) in [6, 6.07) is 1.06. The van der Waals surface area contributed by atoms with Crippen molar-refractivity contribution in [2.24, 2.45) is 10.5 Å². The number of amides is 2. The molecule has 0 bridgehead atoms. The topological polar surface area (TPSA) is 109 Å². The van der Waals surface area contributed by atoms with Crippen molar-refractivity contribution in [1.29, 1.82) is 0 Å². The SMILES string of the molecule is CCOC(=O)C(NC(=O)Cc1cc(F)cc(F)c1)C(=O)NC1CC(C(C)(C)C)=NN1. The maximum Gasteiger partial charge on any atom is 0.338 e. The zero-order chi connectivity index (χ0) is 22.5. The Labute approximate surface area is 173 Å². The number of hydrogen-bond donors (Lipinski definition) is 3. The summed E-state index contributed by atoms with van der Waals surface area (Å²) in [4.78, 5) is 37.1. The third-order valence-electron chi connectivity index (χ3n) is 4.31. The molecule has 0 aromatic heterocycles. The zero-order valence-electron chi connectivity index (χ0n) is 17.3. The molecule has 1 aliphatic heterocycles. The van der Waals surface area contributed by atoms with Gasteiger partial charge in [0.05, 0.1) is 13.0 Å². The van der Waals surface area contributed by atoms with Crippen molar-refractivity contribution < 1.29 is 27.9 Å². The lowest BCUT2D eigenvalue weighted by atomic mass is 9.88. The number of nitrogens with one attached hydrogen (secondary N) is 3. The Kier molecular flexibility index (Phi) is 7.47. The Bertz CT molecular complexity index is 831. The van der Waals surface area contributed by atoms with Gasteiger partial charge in [-0.1, -0.05) is 20.8 Å². The molecule has 2 amide bonds. The van der Waals surface area contributed by atoms with Crippen molar-refractivity contribution in [1.82, 2.24) is 16.1 Å². The molecule has 0 spiro atoms. The van der Waals surface area contributed by atoms with E-state index >= 15 is 0 Å². The number of hydrazone groups is 1. The molecule has 10 heteroatoms. The first-order valence-corrected chi connectivity index (χ1v) is 9.53. The number of carbonyl (C=O) groups is 3. The van der Waals surface area contributed by atoms with Crippen LogP contribution in [0.4, 0.5) is 8.78 Å². The van der Waals surface area contributed by atoms with Gasteiger partial charge >= 0.3 is 5.97 Å². The molecule has 164 valence electrons. The molecule has 0 saturated carbocycles. The summed E-state index contributed by atoms with van der Waals surface area (Å²) < 4.78 is 31.5. The molecule has 2 unspecified atom stereocenters. The van der Waals surface area contributed by atoms with Crippen LogP contribution in [0.1, 0.15) is 39.7 Å². The van der Waals surface area contributed by atoms with Crippen LogP contribution in [0.2, 0.25) is 0 Å². The van der Waals surface area contributed by atoms with E-state index in [1.807, 2.05) is 20.8 Å². The van der Waals surface area contributed by atoms with Gasteiger partial charge in [-0.25, -0.2) is 13.6 Å². The summed E-state index contributed by atoms with van der Waals surface area (Å²) in [7, 11) is 0. The summed E-state index contributed by atoms with van der Waals surface area (Å²) in [5.74, 6) is -4.16. The second kappa shape index (κ2) is 9.64. The molecule has 1 aromatic carbocycles. The minimum Gasteiger partial charge on any atom is -0.464 e. The maximum atomic E-state index is 13.3. The summed E-state index contributed by atoms with van der Waals surface area (Å²) in [6.45, 7) is 7.51. The van der Waals surface area contributed by atoms with Gasteiger partial charge in [-0.3, -0.25) is 15.0 Å². The van der Waals surface area contributed by atoms with E-state index in [1.54, 1.807) is 6.92 Å². The van der Waals surface area contributed by atoms with Crippen molar-refractivity contribution in [2.45, 2.75) is 52.7 Å². The Morgan fingerprint density at radius 3 is 2.40 bits per heavy atom. The number of nitrogens with zero attached hydrogens (tertiary/aromatic N) is 1. The summed E-state index contributed by atoms with van der Waals surface area (Å²) in [6.07, 6.45) is -0.532. The molecule has 3 N–H and O–H groups in total. The van der Waals surface area contributed by atoms with E-state index in [2.05, 4.69) is 21.2 Å². The van der Waals surface area contributed by atoms with Crippen LogP contribution in [0.25, 0.3) is 0 Å². The van der Waals surface area contributed by atoms with Crippen LogP contribution in [0, 0.1) is 17.0 Å². The molecule has 0 saturated heterocycles. The highest BCUT2D eigenvalue weighted by molar-refractivity contribution is 6.05. The molecular weight excluding hydrogens is 398 g/mol. The zero-order valence-corrected chi connectivity index (χ0v) is 17.3. The Morgan fingerprint density at radius 2 is 1.87 bits per heavy atom. The van der Waals surface area contributed by atoms with Gasteiger partial charge in [0.2, 0.25) is 11.9 Å². The second-order valence-corrected chi connectivity index (χ2v) is 7.91. The van der Waals surface area contributed by atoms with Crippen LogP contribution < -0.4 is 16.1 Å². The number of esters is 1. The molecule has 0 aliphatic carbocycles. The van der Waals surface area contributed by atoms with Gasteiger partial charge in [-0.2, -0.15) is 5.10 Å². The second-order valence-electron chi connectivity index (χ2n) is 7.91. The van der Waals surface area contributed by atoms with Crippen molar-refractivity contribution in [2.75, 3.05) is 6.61 Å². The average molecular weight is 424 g/mol. The quantitative estimate of drug-likeness (QED) is 0.453. The molecule has 8 nitrogen and oxygen atoms in total. The monoisotopic (exact) mass is 424 g/mol. The van der Waals surface area contributed by atoms with Crippen LogP contribution >= 0.6 is 0 Å². The molecule has 0 radical (unpaired) electrons. The van der Waals surface area contributed by atoms with Gasteiger partial charge in [-0.05, 0) is 24.6 Å². The predicted molar refractivity (Wildman–Crippen MR) is 105 cm³/mol. The first kappa shape index (κ1) is 23.2. The van der Waals surface area contributed by atoms with Gasteiger partial charge < -0.3 is 15.4 Å². The Hall–Kier alpha value is -3.04. The minimum absolute atomic E-state index is 0.00650. The van der Waals surface area contributed by atoms with Gasteiger partial charge in [0.15, 0.2) is 0 Å². The number of ether oxygens (including phenoxy) is 1. The van der Waals surface area contributed by atoms with E-state index in [-0.39, 0.29) is 17.6 Å². The van der Waals surface area contributed by atoms with Crippen LogP contribution in [-0.2, 0) is 25.5 Å². The first-order chi connectivity index (χ1) is 14.0. The Morgan fingerprint density at radius 1 is 1.23 bits per heavy atom. The number of benzene rings is 1. The van der Waals surface area contributed by atoms with E-state index in [4.69, 9.17) is 4.74 Å². The standard InChI is InChI=1S/C20H26F2N4O4/c1-5-30-19(29)17(18(28)23-15-10-14(25-26-15)20(2,3)4)24-16(27)8-11-6-12(21)9-13(22)7-11/h6-7,9,15,17,26H,5,8,10H2,1-4H3,(H,23,28)(H,24,27). The fraction of sp³-hybridized carbons (Fsp3) is 0.500. The van der Waals surface area contributed by atoms with E-state index in [0.717, 1.165) is 17.8 Å². The smallest absolute Gasteiger partial charge is 0.338 e. The van der Waals surface area contributed by atoms with E-state index in [0.29, 0.717) is 12.5 Å². The van der Waals surface area contributed by atoms with Gasteiger partial charge in [-0.15, -0.1) is 0 Å². The third kappa shape index (κ3) is 6.50. The summed E-state index contributed by atoms with van der Waals surface area (Å²) >= 11 is 0. The molecule has 2 rings (SSSR count). The van der Waals surface area contributed by atoms with Gasteiger partial charge in [0.1, 0.15) is 17.8 Å². The minimum atomic E-state index is -1.61. The highest BCUT2D eigenvalue weighted by Crippen LogP contribution is 2.21. The van der Waals surface area contributed by atoms with Crippen LogP contribution in [-0.4, -0.2) is 42.3 Å². The third-order valence-corrected chi connectivity index (χ3v) is 4.31. The normalized spacial score (nSPS) is 16.9. The summed E-state index contributed by atoms with van der Waals surface area (Å²) in [5.41, 5.74) is 3.50. The Balaban J connectivity index is 2.03. The van der Waals surface area contributed by atoms with E-state index in [1.165, 1.54) is 0 Å². The van der Waals surface area contributed by atoms with Crippen LogP contribution in [0.15, 0.2) is 23.3 Å². The number of hydrogen-bond acceptors (Lipinski definition) is 6. The lowest BCUT2D eigenvalue weighted by Crippen LogP contribution is -2.56. The van der Waals surface area contributed by atoms with Gasteiger partial charge in [0.25, 0.3) is 5.91 Å². The fourth-order valence-corrected chi connectivity index (χ4v) is 2.82. The maximum absolute atomic E-state index is 13.3. The molecule has 2 atom stereocenters. The molecule has 1 aliphatic rings. The largest absolute Gasteiger partial charge is 0.464 e. The lowest BCUT2D eigenvalue weighted by Gasteiger charge is -2.21. The van der Waals surface area contributed by atoms with Crippen LogP contribution in [0.5, 0.6) is 0 Å². The predicted octanol–water partition coefficient (Wildman–Crippen LogP) is 1.39. The number of halogens is 2.